The molecule has 0 aromatic carbocycles. The van der Waals surface area contributed by atoms with E-state index in [1.54, 1.807) is 18.2 Å². The van der Waals surface area contributed by atoms with Crippen molar-refractivity contribution in [1.29, 1.82) is 0 Å². The summed E-state index contributed by atoms with van der Waals surface area (Å²) >= 11 is 0. The van der Waals surface area contributed by atoms with Crippen molar-refractivity contribution in [3.05, 3.63) is 22.3 Å². The normalized spacial score (nSPS) is 15.4. The van der Waals surface area contributed by atoms with Crippen LogP contribution in [0.3, 0.4) is 0 Å². The Bertz CT molecular complexity index is 243. The average molecular weight is 250 g/mol. The summed E-state index contributed by atoms with van der Waals surface area (Å²) in [5.74, 6) is 0.694. The topological polar surface area (TPSA) is 0 Å². The second kappa shape index (κ2) is 9.26. The van der Waals surface area contributed by atoms with E-state index in [0.29, 0.717) is 5.92 Å². The zero-order chi connectivity index (χ0) is 12.0. The minimum atomic E-state index is 0. The third kappa shape index (κ3) is 5.03. The molecule has 4 radical (unpaired) electrons. The Morgan fingerprint density at radius 1 is 1.06 bits per heavy atom. The van der Waals surface area contributed by atoms with Gasteiger partial charge in [-0.3, -0.25) is 0 Å². The molecule has 1 rings (SSSR count). The molecule has 0 aliphatic heterocycles. The van der Waals surface area contributed by atoms with Gasteiger partial charge in [0.05, 0.1) is 7.17 Å². The van der Waals surface area contributed by atoms with Gasteiger partial charge in [-0.15, -0.1) is 0 Å². The van der Waals surface area contributed by atoms with Gasteiger partial charge in [-0.25, -0.2) is 0 Å². The molecule has 0 saturated carbocycles. The van der Waals surface area contributed by atoms with E-state index in [1.807, 2.05) is 14.1 Å². The third-order valence-electron chi connectivity index (χ3n) is 3.42. The van der Waals surface area contributed by atoms with E-state index in [2.05, 4.69) is 34.6 Å². The van der Waals surface area contributed by atoms with E-state index in [-0.39, 0.29) is 17.4 Å². The predicted octanol–water partition coefficient (Wildman–Crippen LogP) is 3.14. The monoisotopic (exact) mass is 250 g/mol. The molecule has 0 saturated heterocycles. The summed E-state index contributed by atoms with van der Waals surface area (Å²) < 4.78 is 0. The van der Waals surface area contributed by atoms with Crippen LogP contribution in [0.15, 0.2) is 22.3 Å². The molecule has 1 aliphatic carbocycles. The van der Waals surface area contributed by atoms with Crippen LogP contribution >= 0.6 is 0 Å². The molecule has 0 spiro atoms. The van der Waals surface area contributed by atoms with Crippen molar-refractivity contribution in [2.45, 2.75) is 47.9 Å². The van der Waals surface area contributed by atoms with Gasteiger partial charge in [0, 0.05) is 32.2 Å². The first-order valence-corrected chi connectivity index (χ1v) is 5.69. The molecule has 0 bridgehead atoms. The van der Waals surface area contributed by atoms with Crippen LogP contribution in [0, 0.1) is 5.92 Å². The largest absolute Gasteiger partial charge is 0.0923 e. The minimum Gasteiger partial charge on any atom is -0.0923 e. The molecular weight excluding hydrogens is 229 g/mol. The second-order valence-electron chi connectivity index (χ2n) is 4.17. The van der Waals surface area contributed by atoms with E-state index < -0.39 is 0 Å². The van der Waals surface area contributed by atoms with Crippen LogP contribution in [0.4, 0.5) is 0 Å². The molecule has 4 heteroatoms. The predicted molar refractivity (Wildman–Crippen MR) is 73.7 cm³/mol. The van der Waals surface area contributed by atoms with Crippen molar-refractivity contribution in [3.63, 3.8) is 0 Å². The van der Waals surface area contributed by atoms with E-state index in [1.165, 1.54) is 11.1 Å². The fourth-order valence-electron chi connectivity index (χ4n) is 1.70. The van der Waals surface area contributed by atoms with Gasteiger partial charge in [-0.2, -0.15) is 0 Å². The van der Waals surface area contributed by atoms with Crippen LogP contribution in [0.5, 0.6) is 0 Å². The Kier molecular flexibility index (Phi) is 10.7. The van der Waals surface area contributed by atoms with Crippen molar-refractivity contribution in [2.24, 2.45) is 5.92 Å². The number of hydrogen-bond acceptors (Lipinski definition) is 0. The van der Waals surface area contributed by atoms with Crippen molar-refractivity contribution in [2.75, 3.05) is 0 Å². The Morgan fingerprint density at radius 2 is 1.44 bits per heavy atom. The van der Waals surface area contributed by atoms with Crippen molar-refractivity contribution in [3.8, 4) is 0 Å². The van der Waals surface area contributed by atoms with Gasteiger partial charge in [-0.05, 0) is 44.8 Å². The van der Waals surface area contributed by atoms with Gasteiger partial charge < -0.3 is 0 Å². The summed E-state index contributed by atoms with van der Waals surface area (Å²) in [5.41, 5.74) is 6.11. The molecule has 0 aromatic heterocycles. The zero-order valence-corrected chi connectivity index (χ0v) is 12.7. The first kappa shape index (κ1) is 18.6. The molecule has 84 valence electrons. The molecule has 0 amide bonds. The maximum atomic E-state index is 4.96. The molecule has 1 aliphatic rings. The van der Waals surface area contributed by atoms with E-state index in [4.69, 9.17) is 7.74 Å². The summed E-state index contributed by atoms with van der Waals surface area (Å²) in [6.07, 6.45) is 1.04. The van der Waals surface area contributed by atoms with Gasteiger partial charge in [0.2, 0.25) is 0 Å². The Hall–Kier alpha value is 0.207. The van der Waals surface area contributed by atoms with Crippen LogP contribution < -0.4 is 0 Å². The first-order valence-electron chi connectivity index (χ1n) is 5.69. The van der Waals surface area contributed by atoms with E-state index in [9.17, 15) is 0 Å². The molecule has 0 N–H and O–H groups in total. The van der Waals surface area contributed by atoms with Crippen LogP contribution in [0.25, 0.3) is 0 Å². The average Bonchev–Trinajstić information content (AvgIpc) is 2.39. The van der Waals surface area contributed by atoms with E-state index in [0.717, 1.165) is 6.32 Å². The van der Waals surface area contributed by atoms with Gasteiger partial charge in [0.25, 0.3) is 0 Å². The Labute approximate surface area is 115 Å². The van der Waals surface area contributed by atoms with Gasteiger partial charge >= 0.3 is 0 Å². The third-order valence-corrected chi connectivity index (χ3v) is 3.42. The molecule has 0 unspecified atom stereocenters. The number of rotatable bonds is 2. The molecule has 0 nitrogen and oxygen atoms in total. The standard InChI is InChI=1S/C10H16.C2H5B3.Cr/c1-6-7(2)9(4)10(5)8(6)3;1-2-4-5-3;/h6H,1-5H3;2H2,1H3;. The molecule has 0 heterocycles. The number of allylic oxidation sites excluding steroid dienone is 4. The maximum Gasteiger partial charge on any atom is 0.0541 e. The number of hydrogen-bond donors (Lipinski definition) is 0. The fourth-order valence-corrected chi connectivity index (χ4v) is 1.70. The first-order chi connectivity index (χ1) is 6.97. The summed E-state index contributed by atoms with van der Waals surface area (Å²) in [7, 11) is 8.42. The second-order valence-corrected chi connectivity index (χ2v) is 4.17. The molecule has 0 aromatic rings. The van der Waals surface area contributed by atoms with Crippen molar-refractivity contribution in [1.82, 2.24) is 0 Å². The molecule has 16 heavy (non-hydrogen) atoms. The summed E-state index contributed by atoms with van der Waals surface area (Å²) in [6.45, 7) is 13.2. The minimum absolute atomic E-state index is 0. The van der Waals surface area contributed by atoms with E-state index >= 15 is 0 Å². The van der Waals surface area contributed by atoms with Crippen molar-refractivity contribution >= 4 is 22.0 Å². The SMILES string of the molecule is CC1=C(C)C(C)C(C)=C1C.[B][B][B]CC.[Cr]. The van der Waals surface area contributed by atoms with Crippen molar-refractivity contribution < 1.29 is 17.4 Å². The maximum absolute atomic E-state index is 4.96. The Balaban J connectivity index is 0. The quantitative estimate of drug-likeness (QED) is 0.660. The van der Waals surface area contributed by atoms with Gasteiger partial charge in [-0.1, -0.05) is 31.3 Å². The molecular formula is C12H21B3Cr. The van der Waals surface area contributed by atoms with Crippen LogP contribution in [-0.4, -0.2) is 22.0 Å². The zero-order valence-electron chi connectivity index (χ0n) is 11.4. The van der Waals surface area contributed by atoms with Gasteiger partial charge in [0.15, 0.2) is 0 Å². The van der Waals surface area contributed by atoms with Crippen LogP contribution in [0.1, 0.15) is 41.5 Å². The van der Waals surface area contributed by atoms with Crippen LogP contribution in [0.2, 0.25) is 6.32 Å². The smallest absolute Gasteiger partial charge is 0.0541 e. The molecule has 0 atom stereocenters. The van der Waals surface area contributed by atoms with Crippen LogP contribution in [-0.2, 0) is 17.4 Å². The summed E-state index contributed by atoms with van der Waals surface area (Å²) in [5, 5.41) is 0. The van der Waals surface area contributed by atoms with Gasteiger partial charge in [0.1, 0.15) is 0 Å². The molecule has 0 fully saturated rings. The fraction of sp³-hybridized carbons (Fsp3) is 0.667. The summed E-state index contributed by atoms with van der Waals surface area (Å²) in [6, 6.07) is 0. The Morgan fingerprint density at radius 3 is 1.50 bits per heavy atom. The summed E-state index contributed by atoms with van der Waals surface area (Å²) in [4.78, 5) is 0.